The van der Waals surface area contributed by atoms with Crippen molar-refractivity contribution in [2.45, 2.75) is 0 Å². The predicted molar refractivity (Wildman–Crippen MR) is 134 cm³/mol. The van der Waals surface area contributed by atoms with Crippen LogP contribution in [0.3, 0.4) is 0 Å². The smallest absolute Gasteiger partial charge is 0.270 e. The molecular weight excluding hydrogens is 472 g/mol. The first kappa shape index (κ1) is 24.6. The third-order valence-electron chi connectivity index (χ3n) is 5.64. The van der Waals surface area contributed by atoms with Crippen molar-refractivity contribution < 1.29 is 23.9 Å². The highest BCUT2D eigenvalue weighted by Gasteiger charge is 2.22. The number of morpholine rings is 1. The Bertz CT molecular complexity index is 1200. The molecule has 35 heavy (non-hydrogen) atoms. The first-order valence-electron chi connectivity index (χ1n) is 11.1. The summed E-state index contributed by atoms with van der Waals surface area (Å²) in [6.07, 6.45) is 2.99. The van der Waals surface area contributed by atoms with Crippen molar-refractivity contribution in [2.75, 3.05) is 58.5 Å². The van der Waals surface area contributed by atoms with E-state index in [1.165, 1.54) is 29.5 Å². The molecule has 0 saturated carbocycles. The molecule has 10 nitrogen and oxygen atoms in total. The molecule has 1 amide bonds. The Morgan fingerprint density at radius 1 is 1.23 bits per heavy atom. The van der Waals surface area contributed by atoms with E-state index in [4.69, 9.17) is 19.2 Å². The lowest BCUT2D eigenvalue weighted by atomic mass is 10.2. The van der Waals surface area contributed by atoms with E-state index in [-0.39, 0.29) is 11.6 Å². The zero-order valence-electron chi connectivity index (χ0n) is 19.5. The number of rotatable bonds is 9. The number of ether oxygens (including phenoxy) is 3. The van der Waals surface area contributed by atoms with E-state index in [0.717, 1.165) is 17.8 Å². The molecule has 184 valence electrons. The van der Waals surface area contributed by atoms with Crippen LogP contribution in [0.4, 0.5) is 10.8 Å². The Morgan fingerprint density at radius 2 is 1.97 bits per heavy atom. The number of carbonyl (C=O) groups excluding carboxylic acids is 1. The lowest BCUT2D eigenvalue weighted by Gasteiger charge is -2.28. The first-order valence-corrected chi connectivity index (χ1v) is 11.9. The maximum atomic E-state index is 13.4. The molecule has 0 aliphatic carbocycles. The Balaban J connectivity index is 1.64. The molecule has 1 fully saturated rings. The summed E-state index contributed by atoms with van der Waals surface area (Å²) in [6, 6.07) is 9.73. The summed E-state index contributed by atoms with van der Waals surface area (Å²) >= 11 is 1.35. The van der Waals surface area contributed by atoms with Gasteiger partial charge in [-0.25, -0.2) is 4.98 Å². The molecule has 0 unspecified atom stereocenters. The van der Waals surface area contributed by atoms with Crippen LogP contribution in [0.15, 0.2) is 42.5 Å². The molecule has 0 spiro atoms. The fourth-order valence-electron chi connectivity index (χ4n) is 3.76. The summed E-state index contributed by atoms with van der Waals surface area (Å²) in [4.78, 5) is 32.6. The molecule has 0 radical (unpaired) electrons. The zero-order chi connectivity index (χ0) is 24.8. The van der Waals surface area contributed by atoms with Crippen LogP contribution < -0.4 is 14.4 Å². The molecule has 1 aromatic heterocycles. The van der Waals surface area contributed by atoms with E-state index in [1.54, 1.807) is 43.4 Å². The maximum Gasteiger partial charge on any atom is 0.270 e. The van der Waals surface area contributed by atoms with Crippen LogP contribution in [-0.2, 0) is 9.53 Å². The standard InChI is InChI=1S/C24H26N4O6S/c1-32-19-7-8-20(33-2)23-22(19)25-24(35-23)27(11-10-26-12-14-34-15-13-26)21(29)9-6-17-4-3-5-18(16-17)28(30)31/h3-9,16H,10-15H2,1-2H3. The molecule has 2 aromatic carbocycles. The molecule has 0 N–H and O–H groups in total. The Morgan fingerprint density at radius 3 is 2.69 bits per heavy atom. The van der Waals surface area contributed by atoms with Crippen LogP contribution in [0.25, 0.3) is 16.3 Å². The number of non-ortho nitro benzene ring substituents is 1. The van der Waals surface area contributed by atoms with Crippen LogP contribution in [0, 0.1) is 10.1 Å². The Hall–Kier alpha value is -3.54. The van der Waals surface area contributed by atoms with Crippen LogP contribution in [0.1, 0.15) is 5.56 Å². The summed E-state index contributed by atoms with van der Waals surface area (Å²) in [5.41, 5.74) is 1.15. The van der Waals surface area contributed by atoms with Crippen LogP contribution >= 0.6 is 11.3 Å². The van der Waals surface area contributed by atoms with Gasteiger partial charge in [-0.3, -0.25) is 24.7 Å². The number of nitro groups is 1. The lowest BCUT2D eigenvalue weighted by Crippen LogP contribution is -2.42. The fourth-order valence-corrected chi connectivity index (χ4v) is 4.86. The highest BCUT2D eigenvalue weighted by Crippen LogP contribution is 2.40. The number of nitro benzene ring substituents is 1. The van der Waals surface area contributed by atoms with E-state index in [0.29, 0.717) is 54.0 Å². The van der Waals surface area contributed by atoms with Crippen molar-refractivity contribution in [2.24, 2.45) is 0 Å². The van der Waals surface area contributed by atoms with E-state index in [9.17, 15) is 14.9 Å². The Kier molecular flexibility index (Phi) is 7.91. The highest BCUT2D eigenvalue weighted by atomic mass is 32.1. The van der Waals surface area contributed by atoms with Crippen molar-refractivity contribution in [3.8, 4) is 11.5 Å². The van der Waals surface area contributed by atoms with Crippen molar-refractivity contribution in [1.29, 1.82) is 0 Å². The average molecular weight is 499 g/mol. The molecule has 1 aliphatic rings. The second-order valence-corrected chi connectivity index (χ2v) is 8.75. The number of amides is 1. The molecule has 3 aromatic rings. The lowest BCUT2D eigenvalue weighted by molar-refractivity contribution is -0.384. The van der Waals surface area contributed by atoms with Gasteiger partial charge in [0.1, 0.15) is 21.7 Å². The molecule has 4 rings (SSSR count). The third-order valence-corrected chi connectivity index (χ3v) is 6.73. The quantitative estimate of drug-likeness (QED) is 0.250. The van der Waals surface area contributed by atoms with E-state index in [1.807, 2.05) is 6.07 Å². The normalized spacial score (nSPS) is 14.3. The second kappa shape index (κ2) is 11.3. The molecule has 11 heteroatoms. The van der Waals surface area contributed by atoms with Crippen LogP contribution in [0.5, 0.6) is 11.5 Å². The largest absolute Gasteiger partial charge is 0.495 e. The molecular formula is C24H26N4O6S. The minimum Gasteiger partial charge on any atom is -0.495 e. The molecule has 1 aliphatic heterocycles. The van der Waals surface area contributed by atoms with Gasteiger partial charge in [-0.2, -0.15) is 0 Å². The van der Waals surface area contributed by atoms with Crippen LogP contribution in [0.2, 0.25) is 0 Å². The minimum atomic E-state index is -0.463. The van der Waals surface area contributed by atoms with Gasteiger partial charge in [0.15, 0.2) is 5.13 Å². The number of hydrogen-bond acceptors (Lipinski definition) is 9. The van der Waals surface area contributed by atoms with Gasteiger partial charge >= 0.3 is 0 Å². The van der Waals surface area contributed by atoms with Crippen molar-refractivity contribution in [3.05, 3.63) is 58.2 Å². The number of aromatic nitrogens is 1. The van der Waals surface area contributed by atoms with Crippen molar-refractivity contribution in [3.63, 3.8) is 0 Å². The highest BCUT2D eigenvalue weighted by molar-refractivity contribution is 7.22. The zero-order valence-corrected chi connectivity index (χ0v) is 20.3. The number of hydrogen-bond donors (Lipinski definition) is 0. The summed E-state index contributed by atoms with van der Waals surface area (Å²) in [6.45, 7) is 4.00. The minimum absolute atomic E-state index is 0.0332. The molecule has 2 heterocycles. The average Bonchev–Trinajstić information content (AvgIpc) is 3.33. The second-order valence-electron chi connectivity index (χ2n) is 7.77. The van der Waals surface area contributed by atoms with E-state index in [2.05, 4.69) is 4.90 Å². The topological polar surface area (TPSA) is 107 Å². The SMILES string of the molecule is COc1ccc(OC)c2sc(N(CCN3CCOCC3)C(=O)C=Cc3cccc([N+](=O)[O-])c3)nc12. The predicted octanol–water partition coefficient (Wildman–Crippen LogP) is 3.60. The number of nitrogens with zero attached hydrogens (tertiary/aromatic N) is 4. The monoisotopic (exact) mass is 498 g/mol. The summed E-state index contributed by atoms with van der Waals surface area (Å²) in [7, 11) is 3.16. The molecule has 0 bridgehead atoms. The summed E-state index contributed by atoms with van der Waals surface area (Å²) in [5.74, 6) is 0.968. The van der Waals surface area contributed by atoms with E-state index < -0.39 is 4.92 Å². The summed E-state index contributed by atoms with van der Waals surface area (Å²) in [5, 5.41) is 11.6. The van der Waals surface area contributed by atoms with Gasteiger partial charge in [0.2, 0.25) is 0 Å². The van der Waals surface area contributed by atoms with Gasteiger partial charge in [0, 0.05) is 44.4 Å². The number of anilines is 1. The van der Waals surface area contributed by atoms with Crippen molar-refractivity contribution >= 4 is 44.4 Å². The van der Waals surface area contributed by atoms with Gasteiger partial charge in [0.05, 0.1) is 32.4 Å². The molecule has 1 saturated heterocycles. The van der Waals surface area contributed by atoms with Gasteiger partial charge < -0.3 is 14.2 Å². The van der Waals surface area contributed by atoms with Gasteiger partial charge in [-0.15, -0.1) is 0 Å². The number of fused-ring (bicyclic) bond motifs is 1. The van der Waals surface area contributed by atoms with Crippen molar-refractivity contribution in [1.82, 2.24) is 9.88 Å². The van der Waals surface area contributed by atoms with Crippen LogP contribution in [-0.4, -0.2) is 74.3 Å². The van der Waals surface area contributed by atoms with Gasteiger partial charge in [-0.05, 0) is 23.8 Å². The first-order chi connectivity index (χ1) is 17.0. The fraction of sp³-hybridized carbons (Fsp3) is 0.333. The molecule has 0 atom stereocenters. The number of carbonyl (C=O) groups is 1. The number of benzene rings is 2. The Labute approximate surface area is 206 Å². The number of thiazole rings is 1. The maximum absolute atomic E-state index is 13.4. The van der Waals surface area contributed by atoms with E-state index >= 15 is 0 Å². The number of methoxy groups -OCH3 is 2. The van der Waals surface area contributed by atoms with Gasteiger partial charge in [0.25, 0.3) is 11.6 Å². The summed E-state index contributed by atoms with van der Waals surface area (Å²) < 4.78 is 17.2. The van der Waals surface area contributed by atoms with Gasteiger partial charge in [-0.1, -0.05) is 23.5 Å². The third kappa shape index (κ3) is 5.76.